The summed E-state index contributed by atoms with van der Waals surface area (Å²) in [6.45, 7) is 5.93. The maximum Gasteiger partial charge on any atom is 0.326 e. The zero-order valence-corrected chi connectivity index (χ0v) is 11.8. The third-order valence-corrected chi connectivity index (χ3v) is 3.40. The summed E-state index contributed by atoms with van der Waals surface area (Å²) in [5.74, 6) is 0.0409. The molecule has 0 amide bonds. The number of hydrogen-bond donors (Lipinski definition) is 2. The number of carboxylic acid groups (broad SMARTS) is 1. The van der Waals surface area contributed by atoms with Crippen LogP contribution in [0.1, 0.15) is 25.8 Å². The van der Waals surface area contributed by atoms with Gasteiger partial charge in [0.2, 0.25) is 0 Å². The normalized spacial score (nSPS) is 12.5. The Morgan fingerprint density at radius 1 is 1.59 bits per heavy atom. The van der Waals surface area contributed by atoms with Gasteiger partial charge in [0.15, 0.2) is 0 Å². The average Bonchev–Trinajstić information content (AvgIpc) is 2.22. The number of halogens is 1. The molecule has 4 nitrogen and oxygen atoms in total. The first-order valence-electron chi connectivity index (χ1n) is 5.52. The number of nitrogens with zero attached hydrogens (tertiary/aromatic N) is 1. The first-order chi connectivity index (χ1) is 7.91. The molecular formula is C12H17BrN2O2. The highest BCUT2D eigenvalue weighted by molar-refractivity contribution is 9.10. The van der Waals surface area contributed by atoms with Crippen LogP contribution >= 0.6 is 15.9 Å². The molecule has 1 aromatic heterocycles. The minimum Gasteiger partial charge on any atom is -0.480 e. The second-order valence-electron chi connectivity index (χ2n) is 4.46. The van der Waals surface area contributed by atoms with Crippen LogP contribution in [0.4, 0.5) is 5.82 Å². The van der Waals surface area contributed by atoms with Gasteiger partial charge in [-0.15, -0.1) is 0 Å². The Morgan fingerprint density at radius 2 is 2.24 bits per heavy atom. The van der Waals surface area contributed by atoms with Gasteiger partial charge >= 0.3 is 5.97 Å². The second kappa shape index (κ2) is 6.00. The largest absolute Gasteiger partial charge is 0.480 e. The molecule has 1 atom stereocenters. The summed E-state index contributed by atoms with van der Waals surface area (Å²) in [6, 6.07) is 1.26. The minimum absolute atomic E-state index is 0.312. The number of carboxylic acids is 1. The molecule has 0 aromatic carbocycles. The third-order valence-electron chi connectivity index (χ3n) is 2.40. The van der Waals surface area contributed by atoms with E-state index in [4.69, 9.17) is 5.11 Å². The lowest BCUT2D eigenvalue weighted by Gasteiger charge is -2.18. The molecule has 2 N–H and O–H groups in total. The maximum atomic E-state index is 11.1. The number of aryl methyl sites for hydroxylation is 1. The van der Waals surface area contributed by atoms with E-state index >= 15 is 0 Å². The Balaban J connectivity index is 2.86. The summed E-state index contributed by atoms with van der Waals surface area (Å²) in [7, 11) is 0. The summed E-state index contributed by atoms with van der Waals surface area (Å²) in [5.41, 5.74) is 1.02. The van der Waals surface area contributed by atoms with Crippen LogP contribution in [0.5, 0.6) is 0 Å². The SMILES string of the molecule is Cc1ccnc(N[C@H](CC(C)C)C(=O)O)c1Br. The zero-order valence-electron chi connectivity index (χ0n) is 10.2. The van der Waals surface area contributed by atoms with Crippen LogP contribution in [0.25, 0.3) is 0 Å². The number of carbonyl (C=O) groups is 1. The zero-order chi connectivity index (χ0) is 13.0. The first-order valence-corrected chi connectivity index (χ1v) is 6.31. The van der Waals surface area contributed by atoms with Crippen molar-refractivity contribution < 1.29 is 9.90 Å². The van der Waals surface area contributed by atoms with E-state index in [0.717, 1.165) is 10.0 Å². The highest BCUT2D eigenvalue weighted by Crippen LogP contribution is 2.24. The Bertz CT molecular complexity index is 407. The highest BCUT2D eigenvalue weighted by atomic mass is 79.9. The van der Waals surface area contributed by atoms with E-state index in [9.17, 15) is 4.79 Å². The van der Waals surface area contributed by atoms with Gasteiger partial charge in [-0.1, -0.05) is 13.8 Å². The van der Waals surface area contributed by atoms with Crippen molar-refractivity contribution in [3.05, 3.63) is 22.3 Å². The van der Waals surface area contributed by atoms with Crippen molar-refractivity contribution in [3.8, 4) is 0 Å². The van der Waals surface area contributed by atoms with Gasteiger partial charge in [-0.2, -0.15) is 0 Å². The van der Waals surface area contributed by atoms with Crippen molar-refractivity contribution in [2.24, 2.45) is 5.92 Å². The van der Waals surface area contributed by atoms with Crippen LogP contribution < -0.4 is 5.32 Å². The predicted molar refractivity (Wildman–Crippen MR) is 71.2 cm³/mol. The lowest BCUT2D eigenvalue weighted by molar-refractivity contribution is -0.138. The van der Waals surface area contributed by atoms with Gasteiger partial charge in [0.25, 0.3) is 0 Å². The van der Waals surface area contributed by atoms with Gasteiger partial charge in [-0.25, -0.2) is 9.78 Å². The molecule has 0 fully saturated rings. The van der Waals surface area contributed by atoms with Crippen LogP contribution in [-0.4, -0.2) is 22.1 Å². The molecule has 1 aromatic rings. The molecule has 1 heterocycles. The number of aromatic nitrogens is 1. The molecule has 0 saturated heterocycles. The van der Waals surface area contributed by atoms with E-state index < -0.39 is 12.0 Å². The van der Waals surface area contributed by atoms with E-state index in [1.54, 1.807) is 6.20 Å². The second-order valence-corrected chi connectivity index (χ2v) is 5.25. The molecule has 1 rings (SSSR count). The van der Waals surface area contributed by atoms with Crippen molar-refractivity contribution in [1.29, 1.82) is 0 Å². The summed E-state index contributed by atoms with van der Waals surface area (Å²) in [6.07, 6.45) is 2.23. The van der Waals surface area contributed by atoms with Gasteiger partial charge in [0, 0.05) is 6.20 Å². The van der Waals surface area contributed by atoms with E-state index in [1.165, 1.54) is 0 Å². The lowest BCUT2D eigenvalue weighted by Crippen LogP contribution is -2.31. The highest BCUT2D eigenvalue weighted by Gasteiger charge is 2.20. The fourth-order valence-electron chi connectivity index (χ4n) is 1.50. The van der Waals surface area contributed by atoms with E-state index in [-0.39, 0.29) is 0 Å². The predicted octanol–water partition coefficient (Wildman–Crippen LogP) is 3.06. The average molecular weight is 301 g/mol. The molecule has 17 heavy (non-hydrogen) atoms. The van der Waals surface area contributed by atoms with Gasteiger partial charge in [-0.3, -0.25) is 0 Å². The summed E-state index contributed by atoms with van der Waals surface area (Å²) >= 11 is 3.41. The van der Waals surface area contributed by atoms with Crippen molar-refractivity contribution in [2.75, 3.05) is 5.32 Å². The van der Waals surface area contributed by atoms with Crippen molar-refractivity contribution in [3.63, 3.8) is 0 Å². The van der Waals surface area contributed by atoms with Crippen LogP contribution in [0.15, 0.2) is 16.7 Å². The van der Waals surface area contributed by atoms with Crippen molar-refractivity contribution >= 4 is 27.7 Å². The number of hydrogen-bond acceptors (Lipinski definition) is 3. The van der Waals surface area contributed by atoms with Gasteiger partial charge in [0.1, 0.15) is 11.9 Å². The van der Waals surface area contributed by atoms with E-state index in [0.29, 0.717) is 18.2 Å². The summed E-state index contributed by atoms with van der Waals surface area (Å²) in [4.78, 5) is 15.3. The van der Waals surface area contributed by atoms with Gasteiger partial charge in [0.05, 0.1) is 4.47 Å². The number of rotatable bonds is 5. The lowest BCUT2D eigenvalue weighted by atomic mass is 10.0. The molecule has 5 heteroatoms. The first kappa shape index (κ1) is 14.0. The minimum atomic E-state index is -0.853. The number of anilines is 1. The van der Waals surface area contributed by atoms with Crippen LogP contribution in [0, 0.1) is 12.8 Å². The van der Waals surface area contributed by atoms with Crippen LogP contribution in [0.3, 0.4) is 0 Å². The third kappa shape index (κ3) is 4.00. The van der Waals surface area contributed by atoms with E-state index in [1.807, 2.05) is 26.8 Å². The number of aliphatic carboxylic acids is 1. The molecule has 0 radical (unpaired) electrons. The molecular weight excluding hydrogens is 284 g/mol. The summed E-state index contributed by atoms with van der Waals surface area (Å²) < 4.78 is 0.815. The Labute approximate surface area is 110 Å². The molecule has 0 aliphatic rings. The molecule has 0 saturated carbocycles. The fraction of sp³-hybridized carbons (Fsp3) is 0.500. The smallest absolute Gasteiger partial charge is 0.326 e. The molecule has 0 bridgehead atoms. The summed E-state index contributed by atoms with van der Waals surface area (Å²) in [5, 5.41) is 12.1. The van der Waals surface area contributed by atoms with Gasteiger partial charge in [-0.05, 0) is 46.8 Å². The Hall–Kier alpha value is -1.10. The molecule has 0 spiro atoms. The van der Waals surface area contributed by atoms with Crippen LogP contribution in [0.2, 0.25) is 0 Å². The maximum absolute atomic E-state index is 11.1. The van der Waals surface area contributed by atoms with Crippen molar-refractivity contribution in [1.82, 2.24) is 4.98 Å². The Morgan fingerprint density at radius 3 is 2.76 bits per heavy atom. The van der Waals surface area contributed by atoms with Crippen molar-refractivity contribution in [2.45, 2.75) is 33.2 Å². The van der Waals surface area contributed by atoms with Crippen LogP contribution in [-0.2, 0) is 4.79 Å². The molecule has 0 unspecified atom stereocenters. The monoisotopic (exact) mass is 300 g/mol. The molecule has 0 aliphatic carbocycles. The van der Waals surface area contributed by atoms with Gasteiger partial charge < -0.3 is 10.4 Å². The topological polar surface area (TPSA) is 62.2 Å². The quantitative estimate of drug-likeness (QED) is 0.877. The Kier molecular flexibility index (Phi) is 4.93. The molecule has 94 valence electrons. The standard InChI is InChI=1S/C12H17BrN2O2/c1-7(2)6-9(12(16)17)15-11-10(13)8(3)4-5-14-11/h4-5,7,9H,6H2,1-3H3,(H,14,15)(H,16,17)/t9-/m1/s1. The number of nitrogens with one attached hydrogen (secondary N) is 1. The number of pyridine rings is 1. The molecule has 0 aliphatic heterocycles. The van der Waals surface area contributed by atoms with E-state index in [2.05, 4.69) is 26.2 Å². The fourth-order valence-corrected chi connectivity index (χ4v) is 1.85.